The Morgan fingerprint density at radius 2 is 2.38 bits per heavy atom. The summed E-state index contributed by atoms with van der Waals surface area (Å²) in [5.41, 5.74) is -0.740. The van der Waals surface area contributed by atoms with Crippen molar-refractivity contribution in [3.8, 4) is 0 Å². The number of hydrogen-bond acceptors (Lipinski definition) is 6. The predicted molar refractivity (Wildman–Crippen MR) is 71.7 cm³/mol. The maximum Gasteiger partial charge on any atom is 0.330 e. The van der Waals surface area contributed by atoms with Gasteiger partial charge in [-0.25, -0.2) is 9.59 Å². The molecule has 0 amide bonds. The van der Waals surface area contributed by atoms with E-state index in [9.17, 15) is 19.5 Å². The second-order valence-electron chi connectivity index (χ2n) is 4.71. The van der Waals surface area contributed by atoms with Gasteiger partial charge in [0, 0.05) is 24.3 Å². The predicted octanol–water partition coefficient (Wildman–Crippen LogP) is -0.777. The Balaban J connectivity index is 2.25. The van der Waals surface area contributed by atoms with E-state index in [1.807, 2.05) is 0 Å². The molecular weight excluding hydrogens is 280 g/mol. The van der Waals surface area contributed by atoms with E-state index >= 15 is 0 Å². The molecule has 1 aromatic heterocycles. The van der Waals surface area contributed by atoms with E-state index in [1.165, 1.54) is 10.8 Å². The maximum atomic E-state index is 11.8. The van der Waals surface area contributed by atoms with Crippen molar-refractivity contribution in [2.45, 2.75) is 31.8 Å². The highest BCUT2D eigenvalue weighted by molar-refractivity contribution is 5.81. The molecule has 114 valence electrons. The maximum absolute atomic E-state index is 11.8. The largest absolute Gasteiger partial charge is 0.456 e. The molecule has 1 fully saturated rings. The Morgan fingerprint density at radius 1 is 1.67 bits per heavy atom. The van der Waals surface area contributed by atoms with E-state index in [1.54, 1.807) is 6.92 Å². The standard InChI is InChI=1S/C13H16N2O6/c1-3-11(17)21-8-4-10(20-9(8)6-16)15-5-7(2)12(18)14-13(15)19/h3,5,8-10,16H,1,4,6H2,2H3,(H,14,18,19)/t8-,9+,10+/m0/s1. The number of nitrogens with zero attached hydrogens (tertiary/aromatic N) is 1. The van der Waals surface area contributed by atoms with Gasteiger partial charge in [-0.2, -0.15) is 0 Å². The summed E-state index contributed by atoms with van der Waals surface area (Å²) in [4.78, 5) is 36.6. The van der Waals surface area contributed by atoms with Gasteiger partial charge in [-0.15, -0.1) is 0 Å². The highest BCUT2D eigenvalue weighted by Crippen LogP contribution is 2.29. The summed E-state index contributed by atoms with van der Waals surface area (Å²) < 4.78 is 11.8. The van der Waals surface area contributed by atoms with E-state index < -0.39 is 35.7 Å². The molecule has 0 unspecified atom stereocenters. The molecule has 0 aliphatic carbocycles. The molecule has 2 N–H and O–H groups in total. The highest BCUT2D eigenvalue weighted by atomic mass is 16.6. The third kappa shape index (κ3) is 3.11. The molecule has 0 bridgehead atoms. The van der Waals surface area contributed by atoms with Crippen LogP contribution in [-0.4, -0.2) is 39.4 Å². The minimum atomic E-state index is -0.738. The fourth-order valence-electron chi connectivity index (χ4n) is 2.16. The fourth-order valence-corrected chi connectivity index (χ4v) is 2.16. The highest BCUT2D eigenvalue weighted by Gasteiger charge is 2.38. The lowest BCUT2D eigenvalue weighted by molar-refractivity contribution is -0.147. The average Bonchev–Trinajstić information content (AvgIpc) is 2.85. The van der Waals surface area contributed by atoms with Gasteiger partial charge in [0.05, 0.1) is 6.61 Å². The molecule has 1 aliphatic rings. The van der Waals surface area contributed by atoms with Gasteiger partial charge in [-0.1, -0.05) is 6.58 Å². The molecule has 0 radical (unpaired) electrons. The monoisotopic (exact) mass is 296 g/mol. The van der Waals surface area contributed by atoms with Crippen LogP contribution < -0.4 is 11.2 Å². The first-order chi connectivity index (χ1) is 9.96. The zero-order chi connectivity index (χ0) is 15.6. The number of nitrogens with one attached hydrogen (secondary N) is 1. The normalized spacial score (nSPS) is 24.8. The summed E-state index contributed by atoms with van der Waals surface area (Å²) >= 11 is 0. The smallest absolute Gasteiger partial charge is 0.330 e. The first-order valence-corrected chi connectivity index (χ1v) is 6.37. The fraction of sp³-hybridized carbons (Fsp3) is 0.462. The van der Waals surface area contributed by atoms with Crippen LogP contribution in [-0.2, 0) is 14.3 Å². The van der Waals surface area contributed by atoms with Crippen LogP contribution in [0.25, 0.3) is 0 Å². The Bertz CT molecular complexity index is 661. The molecule has 8 heteroatoms. The van der Waals surface area contributed by atoms with Crippen molar-refractivity contribution >= 4 is 5.97 Å². The molecule has 3 atom stereocenters. The molecule has 0 saturated carbocycles. The summed E-state index contributed by atoms with van der Waals surface area (Å²) in [6.45, 7) is 4.49. The lowest BCUT2D eigenvalue weighted by Gasteiger charge is -2.15. The minimum absolute atomic E-state index is 0.191. The molecule has 8 nitrogen and oxygen atoms in total. The van der Waals surface area contributed by atoms with E-state index in [0.29, 0.717) is 5.56 Å². The van der Waals surface area contributed by atoms with Crippen LogP contribution in [0, 0.1) is 6.92 Å². The second-order valence-corrected chi connectivity index (χ2v) is 4.71. The van der Waals surface area contributed by atoms with E-state index in [0.717, 1.165) is 6.08 Å². The lowest BCUT2D eigenvalue weighted by Crippen LogP contribution is -2.33. The number of H-pyrrole nitrogens is 1. The second kappa shape index (κ2) is 6.06. The Hall–Kier alpha value is -2.19. The van der Waals surface area contributed by atoms with Crippen LogP contribution in [0.3, 0.4) is 0 Å². The van der Waals surface area contributed by atoms with Gasteiger partial charge in [0.15, 0.2) is 0 Å². The summed E-state index contributed by atoms with van der Waals surface area (Å²) in [7, 11) is 0. The van der Waals surface area contributed by atoms with Crippen molar-refractivity contribution in [2.24, 2.45) is 0 Å². The van der Waals surface area contributed by atoms with Crippen molar-refractivity contribution in [3.05, 3.63) is 45.3 Å². The Kier molecular flexibility index (Phi) is 4.39. The average molecular weight is 296 g/mol. The number of aryl methyl sites for hydroxylation is 1. The number of esters is 1. The third-order valence-corrected chi connectivity index (χ3v) is 3.25. The van der Waals surface area contributed by atoms with Gasteiger partial charge in [-0.05, 0) is 6.92 Å². The van der Waals surface area contributed by atoms with Crippen LogP contribution in [0.2, 0.25) is 0 Å². The van der Waals surface area contributed by atoms with Crippen molar-refractivity contribution < 1.29 is 19.4 Å². The van der Waals surface area contributed by atoms with Gasteiger partial charge in [0.25, 0.3) is 5.56 Å². The van der Waals surface area contributed by atoms with Gasteiger partial charge in [0.1, 0.15) is 18.4 Å². The SMILES string of the molecule is C=CC(=O)O[C@H]1C[C@H](n2cc(C)c(=O)[nH]c2=O)O[C@@H]1CO. The number of carbonyl (C=O) groups excluding carboxylic acids is 1. The minimum Gasteiger partial charge on any atom is -0.456 e. The number of hydrogen-bond donors (Lipinski definition) is 2. The number of aromatic nitrogens is 2. The van der Waals surface area contributed by atoms with Crippen LogP contribution in [0.5, 0.6) is 0 Å². The van der Waals surface area contributed by atoms with E-state index in [4.69, 9.17) is 9.47 Å². The number of rotatable bonds is 4. The first-order valence-electron chi connectivity index (χ1n) is 6.37. The van der Waals surface area contributed by atoms with Crippen molar-refractivity contribution in [1.82, 2.24) is 9.55 Å². The molecule has 1 saturated heterocycles. The first kappa shape index (κ1) is 15.2. The topological polar surface area (TPSA) is 111 Å². The molecule has 1 aromatic rings. The summed E-state index contributed by atoms with van der Waals surface area (Å²) in [6.07, 6.45) is 0.419. The number of aromatic amines is 1. The Morgan fingerprint density at radius 3 is 3.00 bits per heavy atom. The van der Waals surface area contributed by atoms with Crippen LogP contribution >= 0.6 is 0 Å². The van der Waals surface area contributed by atoms with Crippen LogP contribution in [0.15, 0.2) is 28.4 Å². The van der Waals surface area contributed by atoms with Gasteiger partial charge in [-0.3, -0.25) is 14.3 Å². The Labute approximate surface area is 119 Å². The lowest BCUT2D eigenvalue weighted by atomic mass is 10.2. The zero-order valence-corrected chi connectivity index (χ0v) is 11.4. The van der Waals surface area contributed by atoms with Crippen molar-refractivity contribution in [3.63, 3.8) is 0 Å². The zero-order valence-electron chi connectivity index (χ0n) is 11.4. The number of carbonyl (C=O) groups is 1. The van der Waals surface area contributed by atoms with Crippen molar-refractivity contribution in [2.75, 3.05) is 6.61 Å². The quantitative estimate of drug-likeness (QED) is 0.557. The summed E-state index contributed by atoms with van der Waals surface area (Å²) in [5.74, 6) is -0.632. The van der Waals surface area contributed by atoms with E-state index in [2.05, 4.69) is 11.6 Å². The van der Waals surface area contributed by atoms with E-state index in [-0.39, 0.29) is 13.0 Å². The van der Waals surface area contributed by atoms with Crippen LogP contribution in [0.1, 0.15) is 18.2 Å². The molecule has 2 rings (SSSR count). The summed E-state index contributed by atoms with van der Waals surface area (Å²) in [5, 5.41) is 9.27. The summed E-state index contributed by atoms with van der Waals surface area (Å²) in [6, 6.07) is 0. The van der Waals surface area contributed by atoms with Gasteiger partial charge >= 0.3 is 11.7 Å². The van der Waals surface area contributed by atoms with Gasteiger partial charge < -0.3 is 14.6 Å². The van der Waals surface area contributed by atoms with Gasteiger partial charge in [0.2, 0.25) is 0 Å². The third-order valence-electron chi connectivity index (χ3n) is 3.25. The molecule has 21 heavy (non-hydrogen) atoms. The molecule has 2 heterocycles. The molecule has 0 aromatic carbocycles. The number of aliphatic hydroxyl groups is 1. The molecule has 1 aliphatic heterocycles. The molecule has 0 spiro atoms. The molecular formula is C13H16N2O6. The van der Waals surface area contributed by atoms with Crippen molar-refractivity contribution in [1.29, 1.82) is 0 Å². The number of aliphatic hydroxyl groups excluding tert-OH is 1. The van der Waals surface area contributed by atoms with Crippen LogP contribution in [0.4, 0.5) is 0 Å². The number of ether oxygens (including phenoxy) is 2.